The number of aromatic nitrogens is 2. The maximum atomic E-state index is 11.1. The largest absolute Gasteiger partial charge is 0.496 e. The predicted molar refractivity (Wildman–Crippen MR) is 75.6 cm³/mol. The third-order valence-corrected chi connectivity index (χ3v) is 2.80. The Labute approximate surface area is 120 Å². The zero-order valence-corrected chi connectivity index (χ0v) is 11.6. The summed E-state index contributed by atoms with van der Waals surface area (Å²) in [6, 6.07) is 7.37. The van der Waals surface area contributed by atoms with Gasteiger partial charge < -0.3 is 14.8 Å². The Morgan fingerprint density at radius 1 is 1.24 bits per heavy atom. The molecule has 8 nitrogen and oxygen atoms in total. The standard InChI is InChI=1S/C13H14N4O4/c1-20-10-6-4-3-5-9(10)7-14-12-11(17(18)19)13(21-2)16-8-15-12/h3-6,8H,7H2,1-2H3,(H,14,15,16). The highest BCUT2D eigenvalue weighted by Crippen LogP contribution is 2.31. The Bertz CT molecular complexity index is 648. The molecule has 2 rings (SSSR count). The first-order valence-corrected chi connectivity index (χ1v) is 6.06. The molecule has 21 heavy (non-hydrogen) atoms. The lowest BCUT2D eigenvalue weighted by Gasteiger charge is -2.10. The summed E-state index contributed by atoms with van der Waals surface area (Å²) in [5.74, 6) is 0.698. The highest BCUT2D eigenvalue weighted by Gasteiger charge is 2.23. The molecule has 2 aromatic rings. The maximum Gasteiger partial charge on any atom is 0.372 e. The van der Waals surface area contributed by atoms with Gasteiger partial charge in [-0.15, -0.1) is 0 Å². The van der Waals surface area contributed by atoms with Crippen molar-refractivity contribution in [2.45, 2.75) is 6.54 Å². The molecule has 0 amide bonds. The van der Waals surface area contributed by atoms with E-state index in [1.807, 2.05) is 24.3 Å². The van der Waals surface area contributed by atoms with Gasteiger partial charge in [0, 0.05) is 12.1 Å². The summed E-state index contributed by atoms with van der Waals surface area (Å²) >= 11 is 0. The molecule has 0 bridgehead atoms. The lowest BCUT2D eigenvalue weighted by atomic mass is 10.2. The number of benzene rings is 1. The van der Waals surface area contributed by atoms with Crippen LogP contribution in [0.15, 0.2) is 30.6 Å². The zero-order valence-electron chi connectivity index (χ0n) is 11.6. The number of nitrogens with one attached hydrogen (secondary N) is 1. The summed E-state index contributed by atoms with van der Waals surface area (Å²) in [6.45, 7) is 0.324. The van der Waals surface area contributed by atoms with Gasteiger partial charge in [0.25, 0.3) is 5.88 Å². The first-order valence-electron chi connectivity index (χ1n) is 6.06. The van der Waals surface area contributed by atoms with Crippen molar-refractivity contribution in [3.05, 3.63) is 46.3 Å². The van der Waals surface area contributed by atoms with E-state index in [0.29, 0.717) is 12.3 Å². The SMILES string of the molecule is COc1ccccc1CNc1ncnc(OC)c1[N+](=O)[O-]. The number of rotatable bonds is 6. The second-order valence-corrected chi connectivity index (χ2v) is 4.00. The van der Waals surface area contributed by atoms with Crippen molar-refractivity contribution in [3.63, 3.8) is 0 Å². The molecule has 0 unspecified atom stereocenters. The number of hydrogen-bond acceptors (Lipinski definition) is 7. The summed E-state index contributed by atoms with van der Waals surface area (Å²) in [4.78, 5) is 18.2. The van der Waals surface area contributed by atoms with Crippen LogP contribution in [-0.2, 0) is 6.54 Å². The Balaban J connectivity index is 2.26. The molecule has 0 aliphatic rings. The Morgan fingerprint density at radius 2 is 2.00 bits per heavy atom. The minimum atomic E-state index is -0.580. The minimum absolute atomic E-state index is 0.0856. The number of nitro groups is 1. The molecule has 1 aromatic carbocycles. The molecule has 8 heteroatoms. The van der Waals surface area contributed by atoms with Gasteiger partial charge in [-0.05, 0) is 6.07 Å². The molecule has 0 saturated carbocycles. The molecule has 0 atom stereocenters. The summed E-state index contributed by atoms with van der Waals surface area (Å²) in [5, 5.41) is 14.0. The lowest BCUT2D eigenvalue weighted by molar-refractivity contribution is -0.385. The number of methoxy groups -OCH3 is 2. The molecular weight excluding hydrogens is 276 g/mol. The molecule has 0 spiro atoms. The molecule has 0 aliphatic carbocycles. The van der Waals surface area contributed by atoms with E-state index < -0.39 is 4.92 Å². The number of hydrogen-bond donors (Lipinski definition) is 1. The van der Waals surface area contributed by atoms with Crippen LogP contribution < -0.4 is 14.8 Å². The van der Waals surface area contributed by atoms with E-state index >= 15 is 0 Å². The first-order chi connectivity index (χ1) is 10.2. The van der Waals surface area contributed by atoms with E-state index in [1.54, 1.807) is 7.11 Å². The summed E-state index contributed by atoms with van der Waals surface area (Å²) in [6.07, 6.45) is 1.20. The van der Waals surface area contributed by atoms with Crippen molar-refractivity contribution in [1.82, 2.24) is 9.97 Å². The van der Waals surface area contributed by atoms with Crippen LogP contribution in [-0.4, -0.2) is 29.1 Å². The van der Waals surface area contributed by atoms with Crippen molar-refractivity contribution in [1.29, 1.82) is 0 Å². The summed E-state index contributed by atoms with van der Waals surface area (Å²) in [7, 11) is 2.88. The number of para-hydroxylation sites is 1. The molecule has 1 heterocycles. The van der Waals surface area contributed by atoms with Gasteiger partial charge in [-0.2, -0.15) is 4.98 Å². The molecule has 110 valence electrons. The van der Waals surface area contributed by atoms with Gasteiger partial charge in [-0.25, -0.2) is 4.98 Å². The summed E-state index contributed by atoms with van der Waals surface area (Å²) in [5.41, 5.74) is 0.557. The van der Waals surface area contributed by atoms with Gasteiger partial charge in [0.2, 0.25) is 5.82 Å². The van der Waals surface area contributed by atoms with E-state index in [4.69, 9.17) is 9.47 Å². The second kappa shape index (κ2) is 6.51. The average Bonchev–Trinajstić information content (AvgIpc) is 2.52. The van der Waals surface area contributed by atoms with Gasteiger partial charge in [0.1, 0.15) is 12.1 Å². The van der Waals surface area contributed by atoms with Crippen molar-refractivity contribution in [2.75, 3.05) is 19.5 Å². The summed E-state index contributed by atoms with van der Waals surface area (Å²) < 4.78 is 10.1. The van der Waals surface area contributed by atoms with Crippen LogP contribution in [0.3, 0.4) is 0 Å². The van der Waals surface area contributed by atoms with Gasteiger partial charge in [-0.1, -0.05) is 18.2 Å². The van der Waals surface area contributed by atoms with Gasteiger partial charge in [0.05, 0.1) is 19.1 Å². The van der Waals surface area contributed by atoms with Crippen LogP contribution in [0.25, 0.3) is 0 Å². The Kier molecular flexibility index (Phi) is 4.50. The maximum absolute atomic E-state index is 11.1. The van der Waals surface area contributed by atoms with Crippen molar-refractivity contribution in [3.8, 4) is 11.6 Å². The van der Waals surface area contributed by atoms with Crippen LogP contribution in [0, 0.1) is 10.1 Å². The van der Waals surface area contributed by atoms with E-state index in [2.05, 4.69) is 15.3 Å². The van der Waals surface area contributed by atoms with E-state index in [9.17, 15) is 10.1 Å². The molecule has 1 aromatic heterocycles. The molecule has 0 fully saturated rings. The predicted octanol–water partition coefficient (Wildman–Crippen LogP) is 2.01. The highest BCUT2D eigenvalue weighted by molar-refractivity contribution is 5.61. The first kappa shape index (κ1) is 14.5. The number of nitrogens with zero attached hydrogens (tertiary/aromatic N) is 3. The van der Waals surface area contributed by atoms with Crippen molar-refractivity contribution >= 4 is 11.5 Å². The molecule has 0 saturated heterocycles. The molecular formula is C13H14N4O4. The minimum Gasteiger partial charge on any atom is -0.496 e. The van der Waals surface area contributed by atoms with Gasteiger partial charge in [-0.3, -0.25) is 10.1 Å². The van der Waals surface area contributed by atoms with E-state index in [1.165, 1.54) is 13.4 Å². The van der Waals surface area contributed by atoms with Crippen LogP contribution in [0.2, 0.25) is 0 Å². The van der Waals surface area contributed by atoms with E-state index in [-0.39, 0.29) is 17.4 Å². The zero-order chi connectivity index (χ0) is 15.2. The van der Waals surface area contributed by atoms with Crippen molar-refractivity contribution < 1.29 is 14.4 Å². The monoisotopic (exact) mass is 290 g/mol. The lowest BCUT2D eigenvalue weighted by Crippen LogP contribution is -2.07. The number of ether oxygens (including phenoxy) is 2. The third-order valence-electron chi connectivity index (χ3n) is 2.80. The quantitative estimate of drug-likeness (QED) is 0.641. The fourth-order valence-corrected chi connectivity index (χ4v) is 1.83. The van der Waals surface area contributed by atoms with Crippen LogP contribution in [0.1, 0.15) is 5.56 Å². The van der Waals surface area contributed by atoms with Gasteiger partial charge in [0.15, 0.2) is 0 Å². The van der Waals surface area contributed by atoms with Crippen LogP contribution >= 0.6 is 0 Å². The van der Waals surface area contributed by atoms with Crippen LogP contribution in [0.5, 0.6) is 11.6 Å². The number of anilines is 1. The fraction of sp³-hybridized carbons (Fsp3) is 0.231. The Hall–Kier alpha value is -2.90. The topological polar surface area (TPSA) is 99.4 Å². The van der Waals surface area contributed by atoms with Gasteiger partial charge >= 0.3 is 5.69 Å². The smallest absolute Gasteiger partial charge is 0.372 e. The fourth-order valence-electron chi connectivity index (χ4n) is 1.83. The third kappa shape index (κ3) is 3.16. The average molecular weight is 290 g/mol. The second-order valence-electron chi connectivity index (χ2n) is 4.00. The molecule has 0 radical (unpaired) electrons. The molecule has 1 N–H and O–H groups in total. The highest BCUT2D eigenvalue weighted by atomic mass is 16.6. The normalized spacial score (nSPS) is 10.0. The van der Waals surface area contributed by atoms with Crippen LogP contribution in [0.4, 0.5) is 11.5 Å². The Morgan fingerprint density at radius 3 is 2.67 bits per heavy atom. The molecule has 0 aliphatic heterocycles. The van der Waals surface area contributed by atoms with Crippen molar-refractivity contribution in [2.24, 2.45) is 0 Å². The van der Waals surface area contributed by atoms with E-state index in [0.717, 1.165) is 5.56 Å².